The van der Waals surface area contributed by atoms with Crippen LogP contribution in [0.5, 0.6) is 0 Å². The number of nitrogens with zero attached hydrogens (tertiary/aromatic N) is 2. The topological polar surface area (TPSA) is 54.9 Å². The minimum absolute atomic E-state index is 0.446. The SMILES string of the molecule is CC(C)c1ccc(S(=O)Nc2cnc3c(Cl)cccc3n2)cc1. The summed E-state index contributed by atoms with van der Waals surface area (Å²) in [7, 11) is -1.39. The molecule has 23 heavy (non-hydrogen) atoms. The van der Waals surface area contributed by atoms with Crippen LogP contribution in [0.25, 0.3) is 11.0 Å². The molecule has 118 valence electrons. The summed E-state index contributed by atoms with van der Waals surface area (Å²) in [5, 5.41) is 0.548. The summed E-state index contributed by atoms with van der Waals surface area (Å²) in [5.41, 5.74) is 2.51. The van der Waals surface area contributed by atoms with Crippen LogP contribution in [0.15, 0.2) is 53.6 Å². The number of para-hydroxylation sites is 1. The van der Waals surface area contributed by atoms with E-state index in [9.17, 15) is 4.21 Å². The Bertz CT molecular complexity index is 865. The van der Waals surface area contributed by atoms with Gasteiger partial charge >= 0.3 is 0 Å². The van der Waals surface area contributed by atoms with Crippen molar-refractivity contribution in [2.24, 2.45) is 0 Å². The molecule has 1 atom stereocenters. The molecule has 1 unspecified atom stereocenters. The molecule has 0 amide bonds. The molecule has 0 aliphatic carbocycles. The Morgan fingerprint density at radius 2 is 1.87 bits per heavy atom. The predicted molar refractivity (Wildman–Crippen MR) is 95.1 cm³/mol. The van der Waals surface area contributed by atoms with Gasteiger partial charge in [0.1, 0.15) is 5.52 Å². The van der Waals surface area contributed by atoms with Crippen molar-refractivity contribution in [3.05, 3.63) is 59.2 Å². The van der Waals surface area contributed by atoms with E-state index in [1.165, 1.54) is 11.8 Å². The molecule has 1 N–H and O–H groups in total. The number of benzene rings is 2. The van der Waals surface area contributed by atoms with E-state index in [-0.39, 0.29) is 0 Å². The van der Waals surface area contributed by atoms with Gasteiger partial charge in [-0.05, 0) is 35.7 Å². The van der Waals surface area contributed by atoms with Crippen LogP contribution >= 0.6 is 11.6 Å². The highest BCUT2D eigenvalue weighted by molar-refractivity contribution is 7.86. The zero-order chi connectivity index (χ0) is 16.4. The molecule has 3 rings (SSSR count). The third-order valence-electron chi connectivity index (χ3n) is 3.48. The van der Waals surface area contributed by atoms with E-state index in [4.69, 9.17) is 11.6 Å². The summed E-state index contributed by atoms with van der Waals surface area (Å²) >= 11 is 6.07. The highest BCUT2D eigenvalue weighted by atomic mass is 35.5. The van der Waals surface area contributed by atoms with Crippen LogP contribution < -0.4 is 4.72 Å². The second kappa shape index (κ2) is 6.64. The number of halogens is 1. The Kier molecular flexibility index (Phi) is 4.59. The number of nitrogens with one attached hydrogen (secondary N) is 1. The lowest BCUT2D eigenvalue weighted by molar-refractivity contribution is 0.686. The van der Waals surface area contributed by atoms with Crippen LogP contribution in [0.3, 0.4) is 0 Å². The van der Waals surface area contributed by atoms with Crippen LogP contribution in [-0.4, -0.2) is 14.2 Å². The maximum Gasteiger partial charge on any atom is 0.157 e. The van der Waals surface area contributed by atoms with Crippen molar-refractivity contribution in [2.45, 2.75) is 24.7 Å². The second-order valence-electron chi connectivity index (χ2n) is 5.46. The van der Waals surface area contributed by atoms with E-state index in [0.717, 1.165) is 0 Å². The molecule has 6 heteroatoms. The van der Waals surface area contributed by atoms with Gasteiger partial charge in [-0.3, -0.25) is 4.72 Å². The van der Waals surface area contributed by atoms with Gasteiger partial charge < -0.3 is 0 Å². The lowest BCUT2D eigenvalue weighted by atomic mass is 10.0. The van der Waals surface area contributed by atoms with Crippen molar-refractivity contribution >= 4 is 39.4 Å². The van der Waals surface area contributed by atoms with Crippen molar-refractivity contribution in [1.29, 1.82) is 0 Å². The number of aromatic nitrogens is 2. The van der Waals surface area contributed by atoms with Crippen molar-refractivity contribution < 1.29 is 4.21 Å². The average molecular weight is 346 g/mol. The summed E-state index contributed by atoms with van der Waals surface area (Å²) in [5.74, 6) is 0.896. The molecule has 0 aliphatic rings. The standard InChI is InChI=1S/C17H16ClN3OS/c1-11(2)12-6-8-13(9-7-12)23(22)21-16-10-19-17-14(18)4-3-5-15(17)20-16/h3-11H,1-2H3,(H,20,21). The number of fused-ring (bicyclic) bond motifs is 1. The van der Waals surface area contributed by atoms with Gasteiger partial charge in [-0.25, -0.2) is 14.2 Å². The van der Waals surface area contributed by atoms with Gasteiger partial charge in [0.2, 0.25) is 0 Å². The number of anilines is 1. The first-order chi connectivity index (χ1) is 11.0. The molecule has 4 nitrogen and oxygen atoms in total. The summed E-state index contributed by atoms with van der Waals surface area (Å²) in [6, 6.07) is 13.1. The summed E-state index contributed by atoms with van der Waals surface area (Å²) in [6.45, 7) is 4.25. The number of hydrogen-bond acceptors (Lipinski definition) is 3. The van der Waals surface area contributed by atoms with Crippen LogP contribution in [-0.2, 0) is 11.0 Å². The van der Waals surface area contributed by atoms with Gasteiger partial charge in [0, 0.05) is 0 Å². The molecule has 1 aromatic heterocycles. The third kappa shape index (κ3) is 3.51. The van der Waals surface area contributed by atoms with Crippen LogP contribution in [0.2, 0.25) is 5.02 Å². The van der Waals surface area contributed by atoms with E-state index >= 15 is 0 Å². The maximum absolute atomic E-state index is 12.4. The first-order valence-corrected chi connectivity index (χ1v) is 8.77. The molecule has 3 aromatic rings. The predicted octanol–water partition coefficient (Wildman–Crippen LogP) is 4.54. The van der Waals surface area contributed by atoms with E-state index in [1.807, 2.05) is 36.4 Å². The molecule has 0 aliphatic heterocycles. The molecular formula is C17H16ClN3OS. The fraction of sp³-hybridized carbons (Fsp3) is 0.176. The largest absolute Gasteiger partial charge is 0.284 e. The Morgan fingerprint density at radius 1 is 1.13 bits per heavy atom. The van der Waals surface area contributed by atoms with Crippen molar-refractivity contribution in [1.82, 2.24) is 9.97 Å². The monoisotopic (exact) mass is 345 g/mol. The Hall–Kier alpha value is -1.98. The third-order valence-corrected chi connectivity index (χ3v) is 4.88. The zero-order valence-electron chi connectivity index (χ0n) is 12.8. The smallest absolute Gasteiger partial charge is 0.157 e. The van der Waals surface area contributed by atoms with Crippen LogP contribution in [0, 0.1) is 0 Å². The molecule has 0 bridgehead atoms. The molecule has 0 radical (unpaired) electrons. The fourth-order valence-electron chi connectivity index (χ4n) is 2.19. The van der Waals surface area contributed by atoms with Crippen LogP contribution in [0.4, 0.5) is 5.82 Å². The molecule has 0 fully saturated rings. The molecule has 2 aromatic carbocycles. The van der Waals surface area contributed by atoms with E-state index in [1.54, 1.807) is 6.07 Å². The molecule has 0 saturated carbocycles. The minimum Gasteiger partial charge on any atom is -0.284 e. The molecular weight excluding hydrogens is 330 g/mol. The van der Waals surface area contributed by atoms with Crippen molar-refractivity contribution in [2.75, 3.05) is 4.72 Å². The van der Waals surface area contributed by atoms with Gasteiger partial charge in [0.05, 0.1) is 21.6 Å². The van der Waals surface area contributed by atoms with Gasteiger partial charge in [-0.1, -0.05) is 43.6 Å². The van der Waals surface area contributed by atoms with E-state index in [2.05, 4.69) is 28.5 Å². The number of hydrogen-bond donors (Lipinski definition) is 1. The molecule has 1 heterocycles. The average Bonchev–Trinajstić information content (AvgIpc) is 2.55. The van der Waals surface area contributed by atoms with Gasteiger partial charge in [0.25, 0.3) is 0 Å². The Labute approximate surface area is 142 Å². The summed E-state index contributed by atoms with van der Waals surface area (Å²) in [6.07, 6.45) is 1.54. The molecule has 0 spiro atoms. The summed E-state index contributed by atoms with van der Waals surface area (Å²) in [4.78, 5) is 9.37. The number of rotatable bonds is 4. The van der Waals surface area contributed by atoms with Crippen molar-refractivity contribution in [3.63, 3.8) is 0 Å². The normalized spacial score (nSPS) is 12.5. The van der Waals surface area contributed by atoms with Crippen LogP contribution in [0.1, 0.15) is 25.3 Å². The zero-order valence-corrected chi connectivity index (χ0v) is 14.4. The molecule has 0 saturated heterocycles. The highest BCUT2D eigenvalue weighted by Crippen LogP contribution is 2.22. The first kappa shape index (κ1) is 15.9. The fourth-order valence-corrected chi connectivity index (χ4v) is 3.19. The Balaban J connectivity index is 1.82. The summed E-state index contributed by atoms with van der Waals surface area (Å²) < 4.78 is 15.3. The van der Waals surface area contributed by atoms with Crippen molar-refractivity contribution in [3.8, 4) is 0 Å². The minimum atomic E-state index is -1.39. The second-order valence-corrected chi connectivity index (χ2v) is 7.08. The lowest BCUT2D eigenvalue weighted by Crippen LogP contribution is -2.07. The maximum atomic E-state index is 12.4. The Morgan fingerprint density at radius 3 is 2.57 bits per heavy atom. The van der Waals surface area contributed by atoms with Gasteiger partial charge in [0.15, 0.2) is 16.8 Å². The quantitative estimate of drug-likeness (QED) is 0.755. The highest BCUT2D eigenvalue weighted by Gasteiger charge is 2.08. The van der Waals surface area contributed by atoms with E-state index < -0.39 is 11.0 Å². The van der Waals surface area contributed by atoms with Gasteiger partial charge in [-0.2, -0.15) is 0 Å². The van der Waals surface area contributed by atoms with Gasteiger partial charge in [-0.15, -0.1) is 0 Å². The first-order valence-electron chi connectivity index (χ1n) is 7.24. The van der Waals surface area contributed by atoms with E-state index in [0.29, 0.717) is 32.7 Å². The lowest BCUT2D eigenvalue weighted by Gasteiger charge is -2.08.